The van der Waals surface area contributed by atoms with Crippen molar-refractivity contribution in [2.45, 2.75) is 26.2 Å². The number of nitrogens with zero attached hydrogens (tertiary/aromatic N) is 2. The summed E-state index contributed by atoms with van der Waals surface area (Å²) in [5, 5.41) is 12.1. The van der Waals surface area contributed by atoms with Gasteiger partial charge in [0.15, 0.2) is 4.32 Å². The third-order valence-electron chi connectivity index (χ3n) is 3.21. The Morgan fingerprint density at radius 2 is 2.17 bits per heavy atom. The maximum absolute atomic E-state index is 12.4. The van der Waals surface area contributed by atoms with Crippen molar-refractivity contribution in [3.05, 3.63) is 44.8 Å². The number of rotatable bonds is 6. The number of thiocarbonyl (C=S) groups is 1. The maximum atomic E-state index is 12.4. The number of nitro groups is 1. The molecule has 1 fully saturated rings. The summed E-state index contributed by atoms with van der Waals surface area (Å²) < 4.78 is 0.190. The van der Waals surface area contributed by atoms with Gasteiger partial charge in [-0.1, -0.05) is 37.2 Å². The van der Waals surface area contributed by atoms with E-state index in [4.69, 9.17) is 12.2 Å². The largest absolute Gasteiger partial charge is 0.285 e. The van der Waals surface area contributed by atoms with Gasteiger partial charge < -0.3 is 0 Å². The molecular formula is C15H15N3O4S2. The summed E-state index contributed by atoms with van der Waals surface area (Å²) >= 11 is 6.10. The van der Waals surface area contributed by atoms with Crippen molar-refractivity contribution in [2.75, 3.05) is 0 Å². The van der Waals surface area contributed by atoms with Crippen molar-refractivity contribution in [3.63, 3.8) is 0 Å². The molecule has 1 saturated heterocycles. The Bertz CT molecular complexity index is 733. The molecule has 2 amide bonds. The lowest BCUT2D eigenvalue weighted by atomic mass is 10.1. The van der Waals surface area contributed by atoms with Crippen LogP contribution in [0.3, 0.4) is 0 Å². The topological polar surface area (TPSA) is 92.6 Å². The summed E-state index contributed by atoms with van der Waals surface area (Å²) in [6.45, 7) is 1.96. The molecule has 2 rings (SSSR count). The van der Waals surface area contributed by atoms with Gasteiger partial charge in [0.05, 0.1) is 15.4 Å². The van der Waals surface area contributed by atoms with Crippen LogP contribution in [-0.2, 0) is 9.59 Å². The fraction of sp³-hybridized carbons (Fsp3) is 0.267. The predicted octanol–water partition coefficient (Wildman–Crippen LogP) is 3.02. The van der Waals surface area contributed by atoms with Crippen molar-refractivity contribution in [2.24, 2.45) is 0 Å². The number of carbonyl (C=O) groups excluding carboxylic acids is 2. The molecule has 1 aromatic rings. The van der Waals surface area contributed by atoms with Crippen LogP contribution in [0.2, 0.25) is 0 Å². The van der Waals surface area contributed by atoms with E-state index in [0.717, 1.165) is 23.2 Å². The molecular weight excluding hydrogens is 350 g/mol. The first kappa shape index (κ1) is 18.1. The number of thioether (sulfide) groups is 1. The zero-order valence-corrected chi connectivity index (χ0v) is 14.5. The Morgan fingerprint density at radius 1 is 1.46 bits per heavy atom. The number of hydrogen-bond acceptors (Lipinski definition) is 6. The first-order chi connectivity index (χ1) is 11.4. The SMILES string of the molecule is CCCCC(=O)NN1C(=O)/C(=C\c2ccccc2[N+](=O)[O-])SC1=S. The number of amides is 2. The first-order valence-corrected chi connectivity index (χ1v) is 8.47. The Labute approximate surface area is 148 Å². The van der Waals surface area contributed by atoms with E-state index in [0.29, 0.717) is 18.4 Å². The highest BCUT2D eigenvalue weighted by molar-refractivity contribution is 8.26. The number of hydrazine groups is 1. The fourth-order valence-corrected chi connectivity index (χ4v) is 3.17. The number of benzene rings is 1. The average molecular weight is 365 g/mol. The van der Waals surface area contributed by atoms with Gasteiger partial charge in [0, 0.05) is 12.5 Å². The van der Waals surface area contributed by atoms with E-state index in [1.54, 1.807) is 18.2 Å². The number of para-hydroxylation sites is 1. The molecule has 0 unspecified atom stereocenters. The van der Waals surface area contributed by atoms with Gasteiger partial charge in [-0.05, 0) is 30.8 Å². The molecule has 1 N–H and O–H groups in total. The molecule has 0 aliphatic carbocycles. The van der Waals surface area contributed by atoms with Gasteiger partial charge in [0.25, 0.3) is 11.6 Å². The molecule has 9 heteroatoms. The number of unbranched alkanes of at least 4 members (excludes halogenated alkanes) is 1. The average Bonchev–Trinajstić information content (AvgIpc) is 2.81. The lowest BCUT2D eigenvalue weighted by molar-refractivity contribution is -0.385. The zero-order chi connectivity index (χ0) is 17.7. The van der Waals surface area contributed by atoms with Gasteiger partial charge in [-0.3, -0.25) is 25.1 Å². The highest BCUT2D eigenvalue weighted by Crippen LogP contribution is 2.33. The number of hydrogen-bond donors (Lipinski definition) is 1. The van der Waals surface area contributed by atoms with Crippen LogP contribution in [0.4, 0.5) is 5.69 Å². The van der Waals surface area contributed by atoms with Gasteiger partial charge in [0.2, 0.25) is 5.91 Å². The molecule has 0 spiro atoms. The van der Waals surface area contributed by atoms with Crippen molar-refractivity contribution in [3.8, 4) is 0 Å². The van der Waals surface area contributed by atoms with Crippen molar-refractivity contribution in [1.29, 1.82) is 0 Å². The highest BCUT2D eigenvalue weighted by atomic mass is 32.2. The van der Waals surface area contributed by atoms with E-state index in [9.17, 15) is 19.7 Å². The van der Waals surface area contributed by atoms with E-state index in [-0.39, 0.29) is 20.8 Å². The summed E-state index contributed by atoms with van der Waals surface area (Å²) in [5.74, 6) is -0.784. The minimum absolute atomic E-state index is 0.102. The van der Waals surface area contributed by atoms with E-state index in [1.807, 2.05) is 6.92 Å². The molecule has 1 heterocycles. The molecule has 0 bridgehead atoms. The van der Waals surface area contributed by atoms with Gasteiger partial charge >= 0.3 is 0 Å². The third-order valence-corrected chi connectivity index (χ3v) is 4.51. The van der Waals surface area contributed by atoms with Crippen molar-refractivity contribution >= 4 is 51.9 Å². The van der Waals surface area contributed by atoms with E-state index < -0.39 is 10.8 Å². The molecule has 1 aromatic carbocycles. The summed E-state index contributed by atoms with van der Waals surface area (Å²) in [4.78, 5) is 34.9. The zero-order valence-electron chi connectivity index (χ0n) is 12.9. The predicted molar refractivity (Wildman–Crippen MR) is 95.8 cm³/mol. The summed E-state index contributed by atoms with van der Waals surface area (Å²) in [6, 6.07) is 6.10. The van der Waals surface area contributed by atoms with Crippen LogP contribution in [0, 0.1) is 10.1 Å². The molecule has 1 aliphatic rings. The summed E-state index contributed by atoms with van der Waals surface area (Å²) in [6.07, 6.45) is 3.29. The number of carbonyl (C=O) groups is 2. The van der Waals surface area contributed by atoms with E-state index in [2.05, 4.69) is 5.43 Å². The van der Waals surface area contributed by atoms with Crippen LogP contribution >= 0.6 is 24.0 Å². The standard InChI is InChI=1S/C15H15N3O4S2/c1-2-3-8-13(19)16-17-14(20)12(24-15(17)23)9-10-6-4-5-7-11(10)18(21)22/h4-7,9H,2-3,8H2,1H3,(H,16,19)/b12-9+. The normalized spacial score (nSPS) is 15.9. The van der Waals surface area contributed by atoms with E-state index >= 15 is 0 Å². The first-order valence-electron chi connectivity index (χ1n) is 7.25. The monoisotopic (exact) mass is 365 g/mol. The molecule has 24 heavy (non-hydrogen) atoms. The lowest BCUT2D eigenvalue weighted by Crippen LogP contribution is -2.44. The molecule has 0 radical (unpaired) electrons. The Morgan fingerprint density at radius 3 is 2.83 bits per heavy atom. The van der Waals surface area contributed by atoms with Crippen LogP contribution in [0.5, 0.6) is 0 Å². The minimum atomic E-state index is -0.515. The van der Waals surface area contributed by atoms with Crippen molar-refractivity contribution in [1.82, 2.24) is 10.4 Å². The van der Waals surface area contributed by atoms with Crippen LogP contribution in [0.1, 0.15) is 31.7 Å². The van der Waals surface area contributed by atoms with Crippen LogP contribution in [-0.4, -0.2) is 26.1 Å². The van der Waals surface area contributed by atoms with Crippen LogP contribution < -0.4 is 5.43 Å². The van der Waals surface area contributed by atoms with Gasteiger partial charge in [-0.25, -0.2) is 0 Å². The molecule has 0 atom stereocenters. The second-order valence-electron chi connectivity index (χ2n) is 4.97. The Hall–Kier alpha value is -2.26. The minimum Gasteiger partial charge on any atom is -0.273 e. The highest BCUT2D eigenvalue weighted by Gasteiger charge is 2.33. The second kappa shape index (κ2) is 8.02. The Balaban J connectivity index is 2.19. The van der Waals surface area contributed by atoms with E-state index in [1.165, 1.54) is 12.1 Å². The summed E-state index contributed by atoms with van der Waals surface area (Å²) in [5.41, 5.74) is 2.68. The van der Waals surface area contributed by atoms with Gasteiger partial charge in [0.1, 0.15) is 0 Å². The van der Waals surface area contributed by atoms with Gasteiger partial charge in [-0.2, -0.15) is 5.01 Å². The number of nitro benzene ring substituents is 1. The quantitative estimate of drug-likeness (QED) is 0.360. The molecule has 0 aromatic heterocycles. The molecule has 126 valence electrons. The smallest absolute Gasteiger partial charge is 0.273 e. The number of nitrogens with one attached hydrogen (secondary N) is 1. The molecule has 0 saturated carbocycles. The third kappa shape index (κ3) is 4.18. The van der Waals surface area contributed by atoms with Crippen LogP contribution in [0.25, 0.3) is 6.08 Å². The summed E-state index contributed by atoms with van der Waals surface area (Å²) in [7, 11) is 0. The second-order valence-corrected chi connectivity index (χ2v) is 6.65. The lowest BCUT2D eigenvalue weighted by Gasteiger charge is -2.15. The van der Waals surface area contributed by atoms with Gasteiger partial charge in [-0.15, -0.1) is 0 Å². The van der Waals surface area contributed by atoms with Crippen molar-refractivity contribution < 1.29 is 14.5 Å². The Kier molecular flexibility index (Phi) is 6.04. The fourth-order valence-electron chi connectivity index (χ4n) is 2.00. The molecule has 7 nitrogen and oxygen atoms in total. The maximum Gasteiger partial charge on any atom is 0.285 e. The van der Waals surface area contributed by atoms with Crippen LogP contribution in [0.15, 0.2) is 29.2 Å². The molecule has 1 aliphatic heterocycles.